The Bertz CT molecular complexity index is 316. The summed E-state index contributed by atoms with van der Waals surface area (Å²) in [4.78, 5) is 11.2. The Morgan fingerprint density at radius 3 is 2.82 bits per heavy atom. The topological polar surface area (TPSA) is 22.0 Å². The third-order valence-corrected chi connectivity index (χ3v) is 2.76. The van der Waals surface area contributed by atoms with E-state index in [-0.39, 0.29) is 5.56 Å². The summed E-state index contributed by atoms with van der Waals surface area (Å²) in [7, 11) is 0. The van der Waals surface area contributed by atoms with Gasteiger partial charge in [-0.15, -0.1) is 0 Å². The van der Waals surface area contributed by atoms with Crippen LogP contribution in [-0.4, -0.2) is 4.57 Å². The predicted octanol–water partition coefficient (Wildman–Crippen LogP) is 1.78. The van der Waals surface area contributed by atoms with Crippen molar-refractivity contribution in [2.24, 2.45) is 0 Å². The smallest absolute Gasteiger partial charge is 0.251 e. The third kappa shape index (κ3) is 1.83. The van der Waals surface area contributed by atoms with Crippen LogP contribution in [0.2, 0.25) is 0 Å². The molecule has 0 aromatic carbocycles. The van der Waals surface area contributed by atoms with E-state index in [4.69, 9.17) is 0 Å². The normalized spacial score (nSPS) is 10.1. The van der Waals surface area contributed by atoms with Crippen LogP contribution in [0.15, 0.2) is 17.1 Å². The lowest BCUT2D eigenvalue weighted by Gasteiger charge is -2.03. The van der Waals surface area contributed by atoms with Crippen molar-refractivity contribution in [1.82, 2.24) is 4.57 Å². The summed E-state index contributed by atoms with van der Waals surface area (Å²) >= 11 is 2.17. The van der Waals surface area contributed by atoms with Crippen molar-refractivity contribution in [2.45, 2.75) is 20.4 Å². The van der Waals surface area contributed by atoms with Gasteiger partial charge in [0.25, 0.3) is 5.56 Å². The van der Waals surface area contributed by atoms with Gasteiger partial charge in [0.05, 0.1) is 0 Å². The van der Waals surface area contributed by atoms with E-state index in [0.29, 0.717) is 0 Å². The highest BCUT2D eigenvalue weighted by molar-refractivity contribution is 14.1. The molecule has 1 aromatic heterocycles. The predicted molar refractivity (Wildman–Crippen MR) is 53.8 cm³/mol. The van der Waals surface area contributed by atoms with Gasteiger partial charge in [0.15, 0.2) is 0 Å². The molecule has 0 atom stereocenters. The summed E-state index contributed by atoms with van der Waals surface area (Å²) in [6.07, 6.45) is 1.89. The number of halogens is 1. The third-order valence-electron chi connectivity index (χ3n) is 1.60. The molecule has 0 radical (unpaired) electrons. The van der Waals surface area contributed by atoms with E-state index < -0.39 is 0 Å². The molecule has 0 amide bonds. The molecule has 0 aliphatic rings. The van der Waals surface area contributed by atoms with Crippen molar-refractivity contribution in [3.8, 4) is 0 Å². The van der Waals surface area contributed by atoms with Crippen molar-refractivity contribution in [1.29, 1.82) is 0 Å². The summed E-state index contributed by atoms with van der Waals surface area (Å²) in [5.41, 5.74) is 1.24. The molecule has 1 heterocycles. The van der Waals surface area contributed by atoms with E-state index in [1.165, 1.54) is 0 Å². The monoisotopic (exact) mass is 263 g/mol. The Morgan fingerprint density at radius 1 is 1.64 bits per heavy atom. The van der Waals surface area contributed by atoms with E-state index in [2.05, 4.69) is 22.6 Å². The van der Waals surface area contributed by atoms with Gasteiger partial charge in [-0.1, -0.05) is 0 Å². The second-order valence-electron chi connectivity index (χ2n) is 2.43. The molecule has 11 heavy (non-hydrogen) atoms. The fraction of sp³-hybridized carbons (Fsp3) is 0.375. The molecular formula is C8H10INO. The Hall–Kier alpha value is -0.320. The molecule has 0 fully saturated rings. The number of pyridine rings is 1. The van der Waals surface area contributed by atoms with Gasteiger partial charge >= 0.3 is 0 Å². The number of rotatable bonds is 1. The van der Waals surface area contributed by atoms with Crippen molar-refractivity contribution in [3.05, 3.63) is 31.8 Å². The van der Waals surface area contributed by atoms with Crippen LogP contribution >= 0.6 is 22.6 Å². The second-order valence-corrected chi connectivity index (χ2v) is 3.59. The summed E-state index contributed by atoms with van der Waals surface area (Å²) in [5, 5.41) is 0. The largest absolute Gasteiger partial charge is 0.315 e. The molecular weight excluding hydrogens is 253 g/mol. The van der Waals surface area contributed by atoms with Gasteiger partial charge in [-0.05, 0) is 42.0 Å². The first-order chi connectivity index (χ1) is 5.15. The van der Waals surface area contributed by atoms with Crippen molar-refractivity contribution in [2.75, 3.05) is 0 Å². The van der Waals surface area contributed by atoms with E-state index in [0.717, 1.165) is 15.7 Å². The molecule has 0 saturated carbocycles. The minimum absolute atomic E-state index is 0.0856. The number of aromatic nitrogens is 1. The highest BCUT2D eigenvalue weighted by Gasteiger charge is 1.97. The van der Waals surface area contributed by atoms with Gasteiger partial charge in [-0.3, -0.25) is 4.79 Å². The minimum Gasteiger partial charge on any atom is -0.315 e. The summed E-state index contributed by atoms with van der Waals surface area (Å²) in [6.45, 7) is 4.72. The number of hydrogen-bond donors (Lipinski definition) is 0. The van der Waals surface area contributed by atoms with Gasteiger partial charge in [-0.2, -0.15) is 0 Å². The number of aryl methyl sites for hydroxylation is 2. The van der Waals surface area contributed by atoms with E-state index in [1.807, 2.05) is 20.0 Å². The second kappa shape index (κ2) is 3.38. The Morgan fingerprint density at radius 2 is 2.27 bits per heavy atom. The lowest BCUT2D eigenvalue weighted by molar-refractivity contribution is 0.721. The Balaban J connectivity index is 3.32. The van der Waals surface area contributed by atoms with Crippen molar-refractivity contribution in [3.63, 3.8) is 0 Å². The van der Waals surface area contributed by atoms with E-state index in [1.54, 1.807) is 10.6 Å². The first-order valence-electron chi connectivity index (χ1n) is 3.51. The highest BCUT2D eigenvalue weighted by atomic mass is 127. The lowest BCUT2D eigenvalue weighted by atomic mass is 10.3. The van der Waals surface area contributed by atoms with Crippen LogP contribution in [0.5, 0.6) is 0 Å². The van der Waals surface area contributed by atoms with Crippen LogP contribution in [-0.2, 0) is 6.54 Å². The molecule has 0 spiro atoms. The van der Waals surface area contributed by atoms with Gasteiger partial charge in [0.1, 0.15) is 0 Å². The molecule has 0 bridgehead atoms. The first-order valence-corrected chi connectivity index (χ1v) is 4.59. The maximum atomic E-state index is 11.2. The quantitative estimate of drug-likeness (QED) is 0.708. The first kappa shape index (κ1) is 8.77. The Kier molecular flexibility index (Phi) is 2.70. The molecule has 0 aliphatic heterocycles. The van der Waals surface area contributed by atoms with Crippen molar-refractivity contribution < 1.29 is 0 Å². The maximum Gasteiger partial charge on any atom is 0.251 e. The van der Waals surface area contributed by atoms with E-state index >= 15 is 0 Å². The molecule has 0 saturated heterocycles. The summed E-state index contributed by atoms with van der Waals surface area (Å²) in [6, 6.07) is 1.67. The number of hydrogen-bond acceptors (Lipinski definition) is 1. The Labute approximate surface area is 79.4 Å². The SMILES string of the molecule is CCn1cc(C)c(I)cc1=O. The minimum atomic E-state index is 0.0856. The summed E-state index contributed by atoms with van der Waals surface area (Å²) < 4.78 is 2.75. The van der Waals surface area contributed by atoms with E-state index in [9.17, 15) is 4.79 Å². The molecule has 2 nitrogen and oxygen atoms in total. The van der Waals surface area contributed by atoms with Gasteiger partial charge in [0.2, 0.25) is 0 Å². The van der Waals surface area contributed by atoms with Crippen LogP contribution in [0, 0.1) is 10.5 Å². The van der Waals surface area contributed by atoms with Crippen LogP contribution in [0.4, 0.5) is 0 Å². The fourth-order valence-electron chi connectivity index (χ4n) is 0.911. The fourth-order valence-corrected chi connectivity index (χ4v) is 1.32. The molecule has 60 valence electrons. The molecule has 0 aliphatic carbocycles. The number of nitrogens with zero attached hydrogens (tertiary/aromatic N) is 1. The maximum absolute atomic E-state index is 11.2. The van der Waals surface area contributed by atoms with Crippen LogP contribution in [0.1, 0.15) is 12.5 Å². The highest BCUT2D eigenvalue weighted by Crippen LogP contribution is 2.06. The van der Waals surface area contributed by atoms with Crippen LogP contribution in [0.25, 0.3) is 0 Å². The van der Waals surface area contributed by atoms with Gasteiger partial charge in [0, 0.05) is 22.4 Å². The van der Waals surface area contributed by atoms with Crippen LogP contribution in [0.3, 0.4) is 0 Å². The molecule has 1 rings (SSSR count). The zero-order valence-electron chi connectivity index (χ0n) is 6.60. The molecule has 0 N–H and O–H groups in total. The average molecular weight is 263 g/mol. The summed E-state index contributed by atoms with van der Waals surface area (Å²) in [5.74, 6) is 0. The zero-order valence-corrected chi connectivity index (χ0v) is 8.75. The lowest BCUT2D eigenvalue weighted by Crippen LogP contribution is -2.18. The van der Waals surface area contributed by atoms with Gasteiger partial charge < -0.3 is 4.57 Å². The van der Waals surface area contributed by atoms with Crippen LogP contribution < -0.4 is 5.56 Å². The molecule has 3 heteroatoms. The van der Waals surface area contributed by atoms with Gasteiger partial charge in [-0.25, -0.2) is 0 Å². The zero-order chi connectivity index (χ0) is 8.43. The molecule has 0 unspecified atom stereocenters. The van der Waals surface area contributed by atoms with Crippen molar-refractivity contribution >= 4 is 22.6 Å². The molecule has 1 aromatic rings. The average Bonchev–Trinajstić information content (AvgIpc) is 1.97. The standard InChI is InChI=1S/C8H10INO/c1-3-10-5-6(2)7(9)4-8(10)11/h4-5H,3H2,1-2H3.